The van der Waals surface area contributed by atoms with E-state index in [2.05, 4.69) is 10.1 Å². The molecule has 1 unspecified atom stereocenters. The third kappa shape index (κ3) is 2.41. The van der Waals surface area contributed by atoms with Crippen LogP contribution in [0.3, 0.4) is 0 Å². The maximum Gasteiger partial charge on any atom is 0.172 e. The van der Waals surface area contributed by atoms with Crippen LogP contribution in [0.5, 0.6) is 0 Å². The second-order valence-electron chi connectivity index (χ2n) is 4.53. The van der Waals surface area contributed by atoms with Gasteiger partial charge in [0, 0.05) is 17.8 Å². The van der Waals surface area contributed by atoms with Gasteiger partial charge in [-0.05, 0) is 31.4 Å². The van der Waals surface area contributed by atoms with E-state index < -0.39 is 0 Å². The summed E-state index contributed by atoms with van der Waals surface area (Å²) in [5.41, 5.74) is 7.33. The molecule has 1 atom stereocenters. The summed E-state index contributed by atoms with van der Waals surface area (Å²) in [6, 6.07) is 7.67. The van der Waals surface area contributed by atoms with E-state index in [0.29, 0.717) is 5.56 Å². The molecule has 0 aromatic heterocycles. The lowest BCUT2D eigenvalue weighted by atomic mass is 10.00. The first-order chi connectivity index (χ1) is 8.77. The third-order valence-electron chi connectivity index (χ3n) is 3.44. The molecule has 1 aromatic rings. The first-order valence-electron chi connectivity index (χ1n) is 6.22. The number of piperidine rings is 1. The summed E-state index contributed by atoms with van der Waals surface area (Å²) in [5.74, 6) is 0.105. The van der Waals surface area contributed by atoms with Crippen molar-refractivity contribution in [2.24, 2.45) is 10.9 Å². The van der Waals surface area contributed by atoms with Crippen LogP contribution in [0.15, 0.2) is 29.4 Å². The number of nitrogens with two attached hydrogens (primary N) is 1. The zero-order chi connectivity index (χ0) is 13.0. The quantitative estimate of drug-likeness (QED) is 0.324. The molecule has 98 valence electrons. The standard InChI is InChI=1S/C13H19N3O2/c14-13(15-18)11-6-1-2-7-12(11)16-8-4-3-5-10(16)9-17/h1-2,6-7,10,17-18H,3-5,8-9H2,(H2,14,15). The normalized spacial score (nSPS) is 21.1. The summed E-state index contributed by atoms with van der Waals surface area (Å²) in [7, 11) is 0. The highest BCUT2D eigenvalue weighted by atomic mass is 16.4. The van der Waals surface area contributed by atoms with Crippen molar-refractivity contribution < 1.29 is 10.3 Å². The van der Waals surface area contributed by atoms with Crippen LogP contribution in [0.1, 0.15) is 24.8 Å². The first kappa shape index (κ1) is 12.7. The fourth-order valence-corrected chi connectivity index (χ4v) is 2.50. The number of nitrogens with zero attached hydrogens (tertiary/aromatic N) is 2. The number of amidine groups is 1. The molecule has 1 aromatic carbocycles. The monoisotopic (exact) mass is 249 g/mol. The summed E-state index contributed by atoms with van der Waals surface area (Å²) in [5, 5.41) is 21.4. The fourth-order valence-electron chi connectivity index (χ4n) is 2.50. The van der Waals surface area contributed by atoms with Crippen molar-refractivity contribution in [2.45, 2.75) is 25.3 Å². The van der Waals surface area contributed by atoms with Gasteiger partial charge in [-0.15, -0.1) is 0 Å². The number of benzene rings is 1. The Morgan fingerprint density at radius 1 is 1.39 bits per heavy atom. The fraction of sp³-hybridized carbons (Fsp3) is 0.462. The number of para-hydroxylation sites is 1. The van der Waals surface area contributed by atoms with Gasteiger partial charge in [-0.2, -0.15) is 0 Å². The summed E-state index contributed by atoms with van der Waals surface area (Å²) in [4.78, 5) is 2.15. The van der Waals surface area contributed by atoms with Crippen LogP contribution >= 0.6 is 0 Å². The van der Waals surface area contributed by atoms with Crippen LogP contribution in [0, 0.1) is 0 Å². The van der Waals surface area contributed by atoms with Crippen molar-refractivity contribution in [2.75, 3.05) is 18.1 Å². The lowest BCUT2D eigenvalue weighted by Gasteiger charge is -2.37. The second kappa shape index (κ2) is 5.73. The molecule has 0 aliphatic carbocycles. The predicted molar refractivity (Wildman–Crippen MR) is 71.0 cm³/mol. The van der Waals surface area contributed by atoms with Gasteiger partial charge in [0.2, 0.25) is 0 Å². The molecule has 2 rings (SSSR count). The summed E-state index contributed by atoms with van der Waals surface area (Å²) in [6.45, 7) is 1.02. The number of aliphatic hydroxyl groups is 1. The third-order valence-corrected chi connectivity index (χ3v) is 3.44. The van der Waals surface area contributed by atoms with E-state index in [4.69, 9.17) is 10.9 Å². The molecule has 0 spiro atoms. The SMILES string of the molecule is N/C(=N/O)c1ccccc1N1CCCCC1CO. The van der Waals surface area contributed by atoms with Gasteiger partial charge in [-0.1, -0.05) is 17.3 Å². The van der Waals surface area contributed by atoms with E-state index >= 15 is 0 Å². The van der Waals surface area contributed by atoms with Crippen LogP contribution < -0.4 is 10.6 Å². The zero-order valence-corrected chi connectivity index (χ0v) is 10.3. The Morgan fingerprint density at radius 2 is 2.17 bits per heavy atom. The van der Waals surface area contributed by atoms with Crippen LogP contribution in [-0.4, -0.2) is 35.3 Å². The Bertz CT molecular complexity index is 434. The van der Waals surface area contributed by atoms with E-state index in [1.165, 1.54) is 0 Å². The van der Waals surface area contributed by atoms with Crippen molar-refractivity contribution in [3.05, 3.63) is 29.8 Å². The van der Waals surface area contributed by atoms with Crippen LogP contribution in [0.25, 0.3) is 0 Å². The molecule has 0 amide bonds. The van der Waals surface area contributed by atoms with Crippen molar-refractivity contribution in [1.82, 2.24) is 0 Å². The van der Waals surface area contributed by atoms with Gasteiger partial charge < -0.3 is 20.9 Å². The first-order valence-corrected chi connectivity index (χ1v) is 6.22. The van der Waals surface area contributed by atoms with E-state index in [1.54, 1.807) is 0 Å². The molecule has 1 aliphatic rings. The molecule has 1 saturated heterocycles. The van der Waals surface area contributed by atoms with Gasteiger partial charge in [0.1, 0.15) is 0 Å². The van der Waals surface area contributed by atoms with Gasteiger partial charge in [0.05, 0.1) is 12.6 Å². The van der Waals surface area contributed by atoms with Crippen molar-refractivity contribution >= 4 is 11.5 Å². The van der Waals surface area contributed by atoms with Crippen molar-refractivity contribution in [3.63, 3.8) is 0 Å². The number of anilines is 1. The molecule has 0 saturated carbocycles. The number of oxime groups is 1. The molecule has 1 aliphatic heterocycles. The smallest absolute Gasteiger partial charge is 0.172 e. The summed E-state index contributed by atoms with van der Waals surface area (Å²) in [6.07, 6.45) is 3.20. The maximum atomic E-state index is 9.46. The minimum absolute atomic E-state index is 0.105. The summed E-state index contributed by atoms with van der Waals surface area (Å²) >= 11 is 0. The minimum Gasteiger partial charge on any atom is -0.409 e. The van der Waals surface area contributed by atoms with Crippen molar-refractivity contribution in [3.8, 4) is 0 Å². The van der Waals surface area contributed by atoms with Gasteiger partial charge in [-0.3, -0.25) is 0 Å². The van der Waals surface area contributed by atoms with E-state index in [-0.39, 0.29) is 18.5 Å². The molecule has 5 nitrogen and oxygen atoms in total. The van der Waals surface area contributed by atoms with Gasteiger partial charge in [0.25, 0.3) is 0 Å². The molecular weight excluding hydrogens is 230 g/mol. The molecular formula is C13H19N3O2. The second-order valence-corrected chi connectivity index (χ2v) is 4.53. The Kier molecular flexibility index (Phi) is 4.04. The topological polar surface area (TPSA) is 82.1 Å². The Labute approximate surface area is 107 Å². The van der Waals surface area contributed by atoms with Crippen molar-refractivity contribution in [1.29, 1.82) is 0 Å². The largest absolute Gasteiger partial charge is 0.409 e. The Morgan fingerprint density at radius 3 is 2.89 bits per heavy atom. The lowest BCUT2D eigenvalue weighted by molar-refractivity contribution is 0.240. The molecule has 4 N–H and O–H groups in total. The highest BCUT2D eigenvalue weighted by molar-refractivity contribution is 6.02. The van der Waals surface area contributed by atoms with Gasteiger partial charge in [-0.25, -0.2) is 0 Å². The molecule has 0 radical (unpaired) electrons. The summed E-state index contributed by atoms with van der Waals surface area (Å²) < 4.78 is 0. The van der Waals surface area contributed by atoms with E-state index in [9.17, 15) is 5.11 Å². The average Bonchev–Trinajstić information content (AvgIpc) is 2.46. The molecule has 5 heteroatoms. The lowest BCUT2D eigenvalue weighted by Crippen LogP contribution is -2.42. The number of aliphatic hydroxyl groups excluding tert-OH is 1. The zero-order valence-electron chi connectivity index (χ0n) is 10.3. The number of rotatable bonds is 3. The molecule has 1 fully saturated rings. The Hall–Kier alpha value is -1.75. The van der Waals surface area contributed by atoms with Gasteiger partial charge >= 0.3 is 0 Å². The predicted octanol–water partition coefficient (Wildman–Crippen LogP) is 1.13. The highest BCUT2D eigenvalue weighted by Gasteiger charge is 2.24. The molecule has 0 bridgehead atoms. The Balaban J connectivity index is 2.37. The highest BCUT2D eigenvalue weighted by Crippen LogP contribution is 2.27. The maximum absolute atomic E-state index is 9.46. The van der Waals surface area contributed by atoms with Gasteiger partial charge in [0.15, 0.2) is 5.84 Å². The average molecular weight is 249 g/mol. The number of hydrogen-bond acceptors (Lipinski definition) is 4. The molecule has 1 heterocycles. The van der Waals surface area contributed by atoms with Crippen LogP contribution in [-0.2, 0) is 0 Å². The van der Waals surface area contributed by atoms with Crippen LogP contribution in [0.4, 0.5) is 5.69 Å². The minimum atomic E-state index is 0.105. The van der Waals surface area contributed by atoms with Crippen LogP contribution in [0.2, 0.25) is 0 Å². The molecule has 18 heavy (non-hydrogen) atoms. The van der Waals surface area contributed by atoms with E-state index in [0.717, 1.165) is 31.5 Å². The van der Waals surface area contributed by atoms with E-state index in [1.807, 2.05) is 24.3 Å². The number of hydrogen-bond donors (Lipinski definition) is 3.